The van der Waals surface area contributed by atoms with Crippen molar-refractivity contribution in [3.05, 3.63) is 0 Å². The molecular weight excluding hydrogens is 256 g/mol. The van der Waals surface area contributed by atoms with Crippen LogP contribution < -0.4 is 21.3 Å². The summed E-state index contributed by atoms with van der Waals surface area (Å²) >= 11 is 0. The molecule has 0 aromatic rings. The molecule has 0 radical (unpaired) electrons. The molecular formula is C14H26N4O2. The van der Waals surface area contributed by atoms with Crippen molar-refractivity contribution in [2.45, 2.75) is 57.0 Å². The van der Waals surface area contributed by atoms with Crippen LogP contribution in [0.1, 0.15) is 45.4 Å². The molecule has 2 rings (SSSR count). The van der Waals surface area contributed by atoms with Gasteiger partial charge in [0.2, 0.25) is 5.91 Å². The molecule has 0 aromatic carbocycles. The van der Waals surface area contributed by atoms with Crippen LogP contribution in [0.15, 0.2) is 0 Å². The van der Waals surface area contributed by atoms with E-state index in [4.69, 9.17) is 0 Å². The lowest BCUT2D eigenvalue weighted by molar-refractivity contribution is -0.127. The predicted octanol–water partition coefficient (Wildman–Crippen LogP) is 0.487. The standard InChI is InChI=1S/C14H26N4O2/c1-2-15-13(20)18-14(7-3-4-8-14)12(19)17-10-11-6-5-9-16-11/h11,16H,2-10H2,1H3,(H,17,19)(H2,15,18,20). The lowest BCUT2D eigenvalue weighted by Crippen LogP contribution is -2.60. The number of carbonyl (C=O) groups is 2. The van der Waals surface area contributed by atoms with Gasteiger partial charge in [-0.25, -0.2) is 4.79 Å². The van der Waals surface area contributed by atoms with Gasteiger partial charge in [0.1, 0.15) is 5.54 Å². The molecule has 3 amide bonds. The fourth-order valence-corrected chi connectivity index (χ4v) is 3.13. The first-order valence-electron chi connectivity index (χ1n) is 7.74. The Morgan fingerprint density at radius 3 is 2.55 bits per heavy atom. The maximum absolute atomic E-state index is 12.5. The molecule has 1 unspecified atom stereocenters. The van der Waals surface area contributed by atoms with Crippen LogP contribution in [0.25, 0.3) is 0 Å². The van der Waals surface area contributed by atoms with Crippen LogP contribution in [0.3, 0.4) is 0 Å². The number of urea groups is 1. The van der Waals surface area contributed by atoms with Crippen molar-refractivity contribution in [2.75, 3.05) is 19.6 Å². The smallest absolute Gasteiger partial charge is 0.315 e. The summed E-state index contributed by atoms with van der Waals surface area (Å²) in [6.07, 6.45) is 5.71. The Bertz CT molecular complexity index is 347. The Kier molecular flexibility index (Phi) is 5.23. The van der Waals surface area contributed by atoms with E-state index in [0.29, 0.717) is 19.1 Å². The van der Waals surface area contributed by atoms with Crippen LogP contribution in [-0.2, 0) is 4.79 Å². The molecule has 1 atom stereocenters. The van der Waals surface area contributed by atoms with E-state index in [9.17, 15) is 9.59 Å². The topological polar surface area (TPSA) is 82.3 Å². The van der Waals surface area contributed by atoms with Crippen LogP contribution in [0.4, 0.5) is 4.79 Å². The molecule has 1 aliphatic heterocycles. The van der Waals surface area contributed by atoms with Crippen molar-refractivity contribution in [3.8, 4) is 0 Å². The van der Waals surface area contributed by atoms with Crippen molar-refractivity contribution >= 4 is 11.9 Å². The molecule has 2 fully saturated rings. The van der Waals surface area contributed by atoms with Crippen molar-refractivity contribution in [1.29, 1.82) is 0 Å². The van der Waals surface area contributed by atoms with Crippen LogP contribution in [0, 0.1) is 0 Å². The van der Waals surface area contributed by atoms with Gasteiger partial charge in [-0.2, -0.15) is 0 Å². The van der Waals surface area contributed by atoms with E-state index in [-0.39, 0.29) is 11.9 Å². The summed E-state index contributed by atoms with van der Waals surface area (Å²) in [4.78, 5) is 24.2. The zero-order valence-corrected chi connectivity index (χ0v) is 12.3. The average Bonchev–Trinajstić information content (AvgIpc) is 3.07. The third-order valence-corrected chi connectivity index (χ3v) is 4.25. The molecule has 114 valence electrons. The van der Waals surface area contributed by atoms with E-state index in [1.54, 1.807) is 0 Å². The van der Waals surface area contributed by atoms with Gasteiger partial charge < -0.3 is 21.3 Å². The van der Waals surface area contributed by atoms with Crippen LogP contribution >= 0.6 is 0 Å². The number of nitrogens with one attached hydrogen (secondary N) is 4. The van der Waals surface area contributed by atoms with Crippen LogP contribution in [0.2, 0.25) is 0 Å². The fraction of sp³-hybridized carbons (Fsp3) is 0.857. The Morgan fingerprint density at radius 1 is 1.20 bits per heavy atom. The molecule has 6 heteroatoms. The van der Waals surface area contributed by atoms with E-state index in [1.165, 1.54) is 6.42 Å². The first-order valence-corrected chi connectivity index (χ1v) is 7.74. The molecule has 0 spiro atoms. The number of hydrogen-bond acceptors (Lipinski definition) is 3. The van der Waals surface area contributed by atoms with Gasteiger partial charge in [-0.05, 0) is 39.2 Å². The van der Waals surface area contributed by atoms with Gasteiger partial charge in [0.15, 0.2) is 0 Å². The number of rotatable bonds is 5. The summed E-state index contributed by atoms with van der Waals surface area (Å²) in [5, 5.41) is 12.0. The number of amides is 3. The second-order valence-corrected chi connectivity index (χ2v) is 5.78. The predicted molar refractivity (Wildman–Crippen MR) is 77.4 cm³/mol. The van der Waals surface area contributed by atoms with E-state index in [0.717, 1.165) is 38.6 Å². The van der Waals surface area contributed by atoms with E-state index in [2.05, 4.69) is 21.3 Å². The van der Waals surface area contributed by atoms with Gasteiger partial charge in [0.25, 0.3) is 0 Å². The Labute approximate surface area is 120 Å². The van der Waals surface area contributed by atoms with Gasteiger partial charge in [0, 0.05) is 19.1 Å². The second kappa shape index (κ2) is 6.92. The molecule has 1 saturated carbocycles. The highest BCUT2D eigenvalue weighted by atomic mass is 16.2. The fourth-order valence-electron chi connectivity index (χ4n) is 3.13. The molecule has 1 saturated heterocycles. The van der Waals surface area contributed by atoms with Crippen molar-refractivity contribution in [2.24, 2.45) is 0 Å². The second-order valence-electron chi connectivity index (χ2n) is 5.78. The molecule has 1 aliphatic carbocycles. The summed E-state index contributed by atoms with van der Waals surface area (Å²) in [5.74, 6) is -0.0325. The first kappa shape index (κ1) is 15.1. The molecule has 4 N–H and O–H groups in total. The molecule has 20 heavy (non-hydrogen) atoms. The lowest BCUT2D eigenvalue weighted by atomic mass is 9.96. The summed E-state index contributed by atoms with van der Waals surface area (Å²) in [5.41, 5.74) is -0.710. The highest BCUT2D eigenvalue weighted by Crippen LogP contribution is 2.29. The number of hydrogen-bond donors (Lipinski definition) is 4. The first-order chi connectivity index (χ1) is 9.66. The summed E-state index contributed by atoms with van der Waals surface area (Å²) < 4.78 is 0. The van der Waals surface area contributed by atoms with Crippen molar-refractivity contribution in [1.82, 2.24) is 21.3 Å². The van der Waals surface area contributed by atoms with Gasteiger partial charge in [0.05, 0.1) is 0 Å². The zero-order valence-electron chi connectivity index (χ0n) is 12.3. The van der Waals surface area contributed by atoms with Gasteiger partial charge >= 0.3 is 6.03 Å². The van der Waals surface area contributed by atoms with Crippen LogP contribution in [-0.4, -0.2) is 43.2 Å². The van der Waals surface area contributed by atoms with Gasteiger partial charge in [-0.15, -0.1) is 0 Å². The van der Waals surface area contributed by atoms with Gasteiger partial charge in [-0.1, -0.05) is 12.8 Å². The Morgan fingerprint density at radius 2 is 1.95 bits per heavy atom. The Hall–Kier alpha value is -1.30. The van der Waals surface area contributed by atoms with Crippen molar-refractivity contribution in [3.63, 3.8) is 0 Å². The molecule has 6 nitrogen and oxygen atoms in total. The monoisotopic (exact) mass is 282 g/mol. The lowest BCUT2D eigenvalue weighted by Gasteiger charge is -2.29. The van der Waals surface area contributed by atoms with E-state index < -0.39 is 5.54 Å². The minimum Gasteiger partial charge on any atom is -0.352 e. The highest BCUT2D eigenvalue weighted by molar-refractivity contribution is 5.91. The summed E-state index contributed by atoms with van der Waals surface area (Å²) in [6.45, 7) is 4.11. The summed E-state index contributed by atoms with van der Waals surface area (Å²) in [7, 11) is 0. The molecule has 1 heterocycles. The minimum atomic E-state index is -0.710. The molecule has 2 aliphatic rings. The summed E-state index contributed by atoms with van der Waals surface area (Å²) in [6, 6.07) is 0.130. The molecule has 0 bridgehead atoms. The van der Waals surface area contributed by atoms with E-state index in [1.807, 2.05) is 6.92 Å². The maximum atomic E-state index is 12.5. The van der Waals surface area contributed by atoms with E-state index >= 15 is 0 Å². The van der Waals surface area contributed by atoms with Crippen molar-refractivity contribution < 1.29 is 9.59 Å². The normalized spacial score (nSPS) is 24.4. The third kappa shape index (κ3) is 3.62. The average molecular weight is 282 g/mol. The number of carbonyl (C=O) groups excluding carboxylic acids is 2. The highest BCUT2D eigenvalue weighted by Gasteiger charge is 2.42. The van der Waals surface area contributed by atoms with Crippen LogP contribution in [0.5, 0.6) is 0 Å². The third-order valence-electron chi connectivity index (χ3n) is 4.25. The minimum absolute atomic E-state index is 0.0325. The Balaban J connectivity index is 1.89. The SMILES string of the molecule is CCNC(=O)NC1(C(=O)NCC2CCCN2)CCCC1. The zero-order chi connectivity index (χ0) is 14.4. The maximum Gasteiger partial charge on any atom is 0.315 e. The van der Waals surface area contributed by atoms with Gasteiger partial charge in [-0.3, -0.25) is 4.79 Å². The largest absolute Gasteiger partial charge is 0.352 e. The quantitative estimate of drug-likeness (QED) is 0.592. The molecule has 0 aromatic heterocycles.